The van der Waals surface area contributed by atoms with Crippen LogP contribution in [0.25, 0.3) is 4.85 Å². The van der Waals surface area contributed by atoms with Gasteiger partial charge < -0.3 is 29.3 Å². The van der Waals surface area contributed by atoms with E-state index in [-0.39, 0.29) is 24.5 Å². The number of halogens is 1. The first-order chi connectivity index (χ1) is 10.5. The van der Waals surface area contributed by atoms with Crippen molar-refractivity contribution in [2.45, 2.75) is 24.6 Å². The number of rotatable bonds is 5. The van der Waals surface area contributed by atoms with Crippen LogP contribution in [0, 0.1) is 6.57 Å². The lowest BCUT2D eigenvalue weighted by atomic mass is 10.1. The zero-order valence-electron chi connectivity index (χ0n) is 12.4. The lowest BCUT2D eigenvalue weighted by Gasteiger charge is -2.33. The van der Waals surface area contributed by atoms with E-state index in [2.05, 4.69) is 16.7 Å². The molecule has 1 N–H and O–H groups in total. The van der Waals surface area contributed by atoms with Crippen molar-refractivity contribution < 1.29 is 23.4 Å². The van der Waals surface area contributed by atoms with Crippen LogP contribution in [0.4, 0.5) is 4.39 Å². The van der Waals surface area contributed by atoms with Crippen molar-refractivity contribution in [3.8, 4) is 0 Å². The number of ether oxygens (including phenoxy) is 3. The molecule has 0 spiro atoms. The summed E-state index contributed by atoms with van der Waals surface area (Å²) in [6.45, 7) is 10.6. The van der Waals surface area contributed by atoms with E-state index in [4.69, 9.17) is 20.8 Å². The Kier molecular flexibility index (Phi) is 5.13. The van der Waals surface area contributed by atoms with Crippen LogP contribution in [0.3, 0.4) is 0 Å². The number of amides is 1. The smallest absolute Gasteiger partial charge is 0.261 e. The van der Waals surface area contributed by atoms with Crippen LogP contribution in [0.1, 0.15) is 0 Å². The monoisotopic (exact) mass is 311 g/mol. The highest BCUT2D eigenvalue weighted by molar-refractivity contribution is 5.96. The van der Waals surface area contributed by atoms with E-state index in [1.165, 1.54) is 25.3 Å². The van der Waals surface area contributed by atoms with Crippen molar-refractivity contribution in [2.75, 3.05) is 27.4 Å². The molecule has 7 nitrogen and oxygen atoms in total. The van der Waals surface area contributed by atoms with Gasteiger partial charge in [-0.05, 0) is 0 Å². The second-order valence-electron chi connectivity index (χ2n) is 4.94. The average molecular weight is 311 g/mol. The summed E-state index contributed by atoms with van der Waals surface area (Å²) in [5.41, 5.74) is 0.224. The molecule has 1 amide bonds. The fourth-order valence-corrected chi connectivity index (χ4v) is 2.50. The summed E-state index contributed by atoms with van der Waals surface area (Å²) in [6.07, 6.45) is -2.41. The molecular formula is C14H18FN3O4. The highest BCUT2D eigenvalue weighted by Gasteiger charge is 2.49. The van der Waals surface area contributed by atoms with Crippen LogP contribution in [0.15, 0.2) is 24.2 Å². The normalized spacial score (nSPS) is 31.7. The van der Waals surface area contributed by atoms with Crippen LogP contribution in [0.2, 0.25) is 0 Å². The number of methoxy groups -OCH3 is 2. The molecule has 22 heavy (non-hydrogen) atoms. The molecule has 2 aliphatic rings. The summed E-state index contributed by atoms with van der Waals surface area (Å²) in [6, 6.07) is 0. The van der Waals surface area contributed by atoms with Crippen molar-refractivity contribution in [1.29, 1.82) is 0 Å². The van der Waals surface area contributed by atoms with Gasteiger partial charge in [0.15, 0.2) is 12.4 Å². The zero-order chi connectivity index (χ0) is 16.3. The second-order valence-corrected chi connectivity index (χ2v) is 4.94. The predicted octanol–water partition coefficient (Wildman–Crippen LogP) is 0.417. The quantitative estimate of drug-likeness (QED) is 0.746. The maximum atomic E-state index is 14.6. The minimum atomic E-state index is -1.46. The van der Waals surface area contributed by atoms with Crippen LogP contribution in [-0.2, 0) is 19.0 Å². The van der Waals surface area contributed by atoms with Crippen molar-refractivity contribution in [3.63, 3.8) is 0 Å². The standard InChI is InChI=1S/C14H18FN3O4/c1-8-17-13(19)9(5-16-2)6-18(8)14-11(15)12(21-4)10(22-14)7-20-3/h6,10-12,14H,1,5,7H2,3-4H3,(H,17,19)/t10?,11?,12-,14-/m1/s1. The third kappa shape index (κ3) is 2.97. The molecule has 0 aromatic rings. The first kappa shape index (κ1) is 16.4. The second kappa shape index (κ2) is 6.87. The molecule has 2 heterocycles. The summed E-state index contributed by atoms with van der Waals surface area (Å²) < 4.78 is 30.4. The summed E-state index contributed by atoms with van der Waals surface area (Å²) in [5, 5.41) is 2.50. The molecule has 2 aliphatic heterocycles. The van der Waals surface area contributed by atoms with Crippen molar-refractivity contribution in [1.82, 2.24) is 10.2 Å². The van der Waals surface area contributed by atoms with E-state index in [1.54, 1.807) is 0 Å². The Morgan fingerprint density at radius 3 is 2.91 bits per heavy atom. The Morgan fingerprint density at radius 1 is 1.59 bits per heavy atom. The molecule has 0 aliphatic carbocycles. The minimum Gasteiger partial charge on any atom is -0.382 e. The van der Waals surface area contributed by atoms with Gasteiger partial charge in [-0.15, -0.1) is 0 Å². The van der Waals surface area contributed by atoms with E-state index >= 15 is 0 Å². The maximum absolute atomic E-state index is 14.6. The highest BCUT2D eigenvalue weighted by atomic mass is 19.1. The number of carbonyl (C=O) groups is 1. The van der Waals surface area contributed by atoms with Gasteiger partial charge in [0, 0.05) is 20.4 Å². The Hall–Kier alpha value is -1.95. The van der Waals surface area contributed by atoms with Crippen molar-refractivity contribution >= 4 is 5.91 Å². The van der Waals surface area contributed by atoms with Gasteiger partial charge >= 0.3 is 0 Å². The van der Waals surface area contributed by atoms with Crippen LogP contribution >= 0.6 is 0 Å². The Labute approximate surface area is 128 Å². The third-order valence-corrected chi connectivity index (χ3v) is 3.55. The molecular weight excluding hydrogens is 293 g/mol. The Bertz CT molecular complexity index is 531. The van der Waals surface area contributed by atoms with Gasteiger partial charge in [-0.3, -0.25) is 4.79 Å². The number of nitrogens with zero attached hydrogens (tertiary/aromatic N) is 2. The van der Waals surface area contributed by atoms with E-state index in [0.29, 0.717) is 0 Å². The first-order valence-corrected chi connectivity index (χ1v) is 6.67. The van der Waals surface area contributed by atoms with Gasteiger partial charge in [0.1, 0.15) is 23.6 Å². The van der Waals surface area contributed by atoms with Gasteiger partial charge in [0.2, 0.25) is 6.54 Å². The summed E-state index contributed by atoms with van der Waals surface area (Å²) in [7, 11) is 2.89. The SMILES string of the molecule is [C-]#[N+]CC1=CN([C@@H]2OC(COC)[C@@H](OC)C2F)C(=C)NC1=O. The van der Waals surface area contributed by atoms with Gasteiger partial charge in [0.05, 0.1) is 6.61 Å². The summed E-state index contributed by atoms with van der Waals surface area (Å²) in [4.78, 5) is 16.3. The lowest BCUT2D eigenvalue weighted by molar-refractivity contribution is -0.119. The molecule has 4 atom stereocenters. The van der Waals surface area contributed by atoms with Gasteiger partial charge in [0.25, 0.3) is 5.91 Å². The van der Waals surface area contributed by atoms with Crippen molar-refractivity contribution in [3.05, 3.63) is 35.6 Å². The minimum absolute atomic E-state index is 0.103. The third-order valence-electron chi connectivity index (χ3n) is 3.55. The van der Waals surface area contributed by atoms with E-state index in [0.717, 1.165) is 0 Å². The van der Waals surface area contributed by atoms with Gasteiger partial charge in [-0.2, -0.15) is 0 Å². The molecule has 0 aromatic carbocycles. The van der Waals surface area contributed by atoms with Gasteiger partial charge in [-0.1, -0.05) is 6.58 Å². The topological polar surface area (TPSA) is 64.4 Å². The molecule has 0 aromatic heterocycles. The van der Waals surface area contributed by atoms with Crippen molar-refractivity contribution in [2.24, 2.45) is 0 Å². The number of alkyl halides is 1. The molecule has 0 radical (unpaired) electrons. The van der Waals surface area contributed by atoms with E-state index in [1.807, 2.05) is 0 Å². The van der Waals surface area contributed by atoms with Crippen LogP contribution in [0.5, 0.6) is 0 Å². The first-order valence-electron chi connectivity index (χ1n) is 6.67. The van der Waals surface area contributed by atoms with E-state index in [9.17, 15) is 9.18 Å². The molecule has 0 bridgehead atoms. The number of hydrogen-bond acceptors (Lipinski definition) is 5. The Morgan fingerprint density at radius 2 is 2.32 bits per heavy atom. The number of hydrogen-bond donors (Lipinski definition) is 1. The summed E-state index contributed by atoms with van der Waals surface area (Å²) >= 11 is 0. The van der Waals surface area contributed by atoms with E-state index < -0.39 is 30.5 Å². The molecule has 1 fully saturated rings. The maximum Gasteiger partial charge on any atom is 0.261 e. The average Bonchev–Trinajstić information content (AvgIpc) is 2.78. The lowest BCUT2D eigenvalue weighted by Crippen LogP contribution is -2.47. The molecule has 2 unspecified atom stereocenters. The molecule has 1 saturated heterocycles. The van der Waals surface area contributed by atoms with Crippen LogP contribution in [-0.4, -0.2) is 62.8 Å². The fraction of sp³-hybridized carbons (Fsp3) is 0.571. The largest absolute Gasteiger partial charge is 0.382 e. The van der Waals surface area contributed by atoms with Crippen LogP contribution < -0.4 is 5.32 Å². The zero-order valence-corrected chi connectivity index (χ0v) is 12.4. The number of carbonyl (C=O) groups excluding carboxylic acids is 1. The number of nitrogens with one attached hydrogen (secondary N) is 1. The predicted molar refractivity (Wildman–Crippen MR) is 74.9 cm³/mol. The summed E-state index contributed by atoms with van der Waals surface area (Å²) in [5.74, 6) is -0.221. The molecule has 8 heteroatoms. The molecule has 120 valence electrons. The molecule has 2 rings (SSSR count). The fourth-order valence-electron chi connectivity index (χ4n) is 2.50. The van der Waals surface area contributed by atoms with Gasteiger partial charge in [-0.25, -0.2) is 11.0 Å². The molecule has 0 saturated carbocycles. The highest BCUT2D eigenvalue weighted by Crippen LogP contribution is 2.31. The Balaban J connectivity index is 2.24.